The summed E-state index contributed by atoms with van der Waals surface area (Å²) in [6.45, 7) is 0. The Hall–Kier alpha value is -1.000. The van der Waals surface area contributed by atoms with Gasteiger partial charge in [-0.2, -0.15) is 0 Å². The van der Waals surface area contributed by atoms with E-state index in [-0.39, 0.29) is 5.11 Å². The monoisotopic (exact) mass is 557 g/mol. The van der Waals surface area contributed by atoms with Crippen LogP contribution in [0.3, 0.4) is 0 Å². The van der Waals surface area contributed by atoms with E-state index in [9.17, 15) is 4.79 Å². The summed E-state index contributed by atoms with van der Waals surface area (Å²) >= 11 is 25.4. The fourth-order valence-corrected chi connectivity index (χ4v) is 3.28. The van der Waals surface area contributed by atoms with Gasteiger partial charge in [-0.05, 0) is 59.1 Å². The SMILES string of the molecule is COc1ccccc1NC(=S)N[C@@H](NC(=O)c1ccccc1I)C(Cl)(Cl)Cl. The molecule has 0 saturated heterocycles. The molecule has 2 aromatic carbocycles. The number of benzene rings is 2. The Morgan fingerprint density at radius 2 is 1.74 bits per heavy atom. The molecule has 1 amide bonds. The van der Waals surface area contributed by atoms with Gasteiger partial charge in [-0.25, -0.2) is 0 Å². The van der Waals surface area contributed by atoms with Gasteiger partial charge >= 0.3 is 0 Å². The van der Waals surface area contributed by atoms with Crippen molar-refractivity contribution in [1.82, 2.24) is 10.6 Å². The molecule has 0 fully saturated rings. The zero-order valence-corrected chi connectivity index (χ0v) is 19.2. The number of amides is 1. The molecule has 0 aliphatic heterocycles. The second-order valence-electron chi connectivity index (χ2n) is 5.23. The number of anilines is 1. The first-order chi connectivity index (χ1) is 12.7. The molecule has 0 aliphatic rings. The van der Waals surface area contributed by atoms with Crippen molar-refractivity contribution < 1.29 is 9.53 Å². The minimum Gasteiger partial charge on any atom is -0.495 e. The van der Waals surface area contributed by atoms with Crippen molar-refractivity contribution >= 4 is 86.3 Å². The Kier molecular flexibility index (Phi) is 8.23. The molecular weight excluding hydrogens is 544 g/mol. The van der Waals surface area contributed by atoms with Crippen LogP contribution in [0.2, 0.25) is 0 Å². The fraction of sp³-hybridized carbons (Fsp3) is 0.176. The molecule has 0 radical (unpaired) electrons. The molecule has 0 heterocycles. The van der Waals surface area contributed by atoms with Crippen LogP contribution >= 0.6 is 69.6 Å². The Balaban J connectivity index is 2.12. The largest absolute Gasteiger partial charge is 0.495 e. The van der Waals surface area contributed by atoms with E-state index in [1.807, 2.05) is 18.2 Å². The molecule has 0 aromatic heterocycles. The van der Waals surface area contributed by atoms with E-state index in [1.165, 1.54) is 0 Å². The summed E-state index contributed by atoms with van der Waals surface area (Å²) in [7, 11) is 1.54. The minimum absolute atomic E-state index is 0.152. The predicted octanol–water partition coefficient (Wildman–Crippen LogP) is 4.71. The lowest BCUT2D eigenvalue weighted by molar-refractivity contribution is 0.0933. The average Bonchev–Trinajstić information content (AvgIpc) is 2.61. The summed E-state index contributed by atoms with van der Waals surface area (Å²) in [5.74, 6) is 0.193. The maximum absolute atomic E-state index is 12.5. The van der Waals surface area contributed by atoms with E-state index >= 15 is 0 Å². The van der Waals surface area contributed by atoms with Crippen molar-refractivity contribution in [2.45, 2.75) is 9.96 Å². The van der Waals surface area contributed by atoms with Crippen molar-refractivity contribution in [1.29, 1.82) is 0 Å². The van der Waals surface area contributed by atoms with Gasteiger partial charge in [0.2, 0.25) is 3.79 Å². The number of alkyl halides is 3. The number of rotatable bonds is 5. The van der Waals surface area contributed by atoms with E-state index in [4.69, 9.17) is 51.8 Å². The van der Waals surface area contributed by atoms with Crippen LogP contribution in [0.1, 0.15) is 10.4 Å². The van der Waals surface area contributed by atoms with Crippen LogP contribution < -0.4 is 20.7 Å². The molecule has 3 N–H and O–H groups in total. The van der Waals surface area contributed by atoms with Gasteiger partial charge in [-0.1, -0.05) is 59.1 Å². The molecule has 5 nitrogen and oxygen atoms in total. The van der Waals surface area contributed by atoms with Crippen LogP contribution in [-0.2, 0) is 0 Å². The number of thiocarbonyl (C=S) groups is 1. The van der Waals surface area contributed by atoms with E-state index in [1.54, 1.807) is 37.4 Å². The van der Waals surface area contributed by atoms with Gasteiger partial charge in [-0.15, -0.1) is 0 Å². The van der Waals surface area contributed by atoms with Crippen LogP contribution in [0.15, 0.2) is 48.5 Å². The number of hydrogen-bond acceptors (Lipinski definition) is 3. The smallest absolute Gasteiger partial charge is 0.254 e. The minimum atomic E-state index is -1.84. The highest BCUT2D eigenvalue weighted by Crippen LogP contribution is 2.30. The topological polar surface area (TPSA) is 62.4 Å². The van der Waals surface area contributed by atoms with E-state index in [2.05, 4.69) is 38.5 Å². The van der Waals surface area contributed by atoms with Gasteiger partial charge in [0.15, 0.2) is 5.11 Å². The lowest BCUT2D eigenvalue weighted by Gasteiger charge is -2.28. The number of ether oxygens (including phenoxy) is 1. The fourth-order valence-electron chi connectivity index (χ4n) is 2.09. The van der Waals surface area contributed by atoms with Crippen LogP contribution in [0.5, 0.6) is 5.75 Å². The number of methoxy groups -OCH3 is 1. The zero-order chi connectivity index (χ0) is 20.0. The van der Waals surface area contributed by atoms with E-state index in [0.717, 1.165) is 3.57 Å². The zero-order valence-electron chi connectivity index (χ0n) is 13.9. The number of carbonyl (C=O) groups is 1. The lowest BCUT2D eigenvalue weighted by atomic mass is 10.2. The molecule has 0 bridgehead atoms. The molecule has 0 aliphatic carbocycles. The molecular formula is C17H15Cl3IN3O2S. The highest BCUT2D eigenvalue weighted by Gasteiger charge is 2.35. The van der Waals surface area contributed by atoms with Gasteiger partial charge in [-0.3, -0.25) is 4.79 Å². The third-order valence-corrected chi connectivity index (χ3v) is 5.17. The summed E-state index contributed by atoms with van der Waals surface area (Å²) in [5, 5.41) is 8.57. The van der Waals surface area contributed by atoms with E-state index in [0.29, 0.717) is 17.0 Å². The normalized spacial score (nSPS) is 12.0. The maximum atomic E-state index is 12.5. The van der Waals surface area contributed by atoms with Crippen molar-refractivity contribution in [2.24, 2.45) is 0 Å². The van der Waals surface area contributed by atoms with Crippen molar-refractivity contribution in [3.8, 4) is 5.75 Å². The molecule has 10 heteroatoms. The predicted molar refractivity (Wildman–Crippen MR) is 123 cm³/mol. The molecule has 2 rings (SSSR count). The third kappa shape index (κ3) is 6.53. The first-order valence-electron chi connectivity index (χ1n) is 7.55. The lowest BCUT2D eigenvalue weighted by Crippen LogP contribution is -2.56. The van der Waals surface area contributed by atoms with Crippen LogP contribution in [0.25, 0.3) is 0 Å². The molecule has 2 aromatic rings. The highest BCUT2D eigenvalue weighted by atomic mass is 127. The van der Waals surface area contributed by atoms with Gasteiger partial charge < -0.3 is 20.7 Å². The molecule has 27 heavy (non-hydrogen) atoms. The quantitative estimate of drug-likeness (QED) is 0.215. The van der Waals surface area contributed by atoms with Gasteiger partial charge in [0.1, 0.15) is 11.9 Å². The van der Waals surface area contributed by atoms with Crippen molar-refractivity contribution in [3.05, 3.63) is 57.7 Å². The molecule has 0 spiro atoms. The summed E-state index contributed by atoms with van der Waals surface area (Å²) in [5.41, 5.74) is 1.09. The Labute approximate surface area is 191 Å². The summed E-state index contributed by atoms with van der Waals surface area (Å²) in [4.78, 5) is 12.5. The number of halogens is 4. The molecule has 0 saturated carbocycles. The van der Waals surface area contributed by atoms with Crippen LogP contribution in [-0.4, -0.2) is 28.1 Å². The Morgan fingerprint density at radius 3 is 2.37 bits per heavy atom. The third-order valence-electron chi connectivity index (χ3n) is 3.35. The average molecular weight is 559 g/mol. The van der Waals surface area contributed by atoms with Crippen molar-refractivity contribution in [2.75, 3.05) is 12.4 Å². The van der Waals surface area contributed by atoms with E-state index < -0.39 is 15.9 Å². The Bertz CT molecular complexity index is 833. The molecule has 0 unspecified atom stereocenters. The summed E-state index contributed by atoms with van der Waals surface area (Å²) in [6.07, 6.45) is -1.07. The number of hydrogen-bond donors (Lipinski definition) is 3. The standard InChI is InChI=1S/C17H15Cl3IN3O2S/c1-26-13-9-5-4-8-12(13)22-16(27)24-15(17(18,19)20)23-14(25)10-6-2-3-7-11(10)21/h2-9,15H,1H3,(H,23,25)(H2,22,24,27)/t15-/m1/s1. The second kappa shape index (κ2) is 9.97. The highest BCUT2D eigenvalue weighted by molar-refractivity contribution is 14.1. The first kappa shape index (κ1) is 22.3. The molecule has 1 atom stereocenters. The number of nitrogens with one attached hydrogen (secondary N) is 3. The summed E-state index contributed by atoms with van der Waals surface area (Å²) in [6, 6.07) is 14.3. The summed E-state index contributed by atoms with van der Waals surface area (Å²) < 4.78 is 4.18. The van der Waals surface area contributed by atoms with Gasteiger partial charge in [0.25, 0.3) is 5.91 Å². The first-order valence-corrected chi connectivity index (χ1v) is 10.2. The maximum Gasteiger partial charge on any atom is 0.254 e. The van der Waals surface area contributed by atoms with Crippen LogP contribution in [0.4, 0.5) is 5.69 Å². The van der Waals surface area contributed by atoms with Gasteiger partial charge in [0.05, 0.1) is 18.4 Å². The van der Waals surface area contributed by atoms with Crippen molar-refractivity contribution in [3.63, 3.8) is 0 Å². The van der Waals surface area contributed by atoms with Gasteiger partial charge in [0, 0.05) is 3.57 Å². The van der Waals surface area contributed by atoms with Crippen LogP contribution in [0, 0.1) is 3.57 Å². The Morgan fingerprint density at radius 1 is 1.11 bits per heavy atom. The second-order valence-corrected chi connectivity index (χ2v) is 9.17. The number of carbonyl (C=O) groups excluding carboxylic acids is 1. The molecule has 144 valence electrons. The number of para-hydroxylation sites is 2.